The van der Waals surface area contributed by atoms with Crippen LogP contribution in [0.15, 0.2) is 54.6 Å². The number of aromatic nitrogens is 2. The van der Waals surface area contributed by atoms with Gasteiger partial charge >= 0.3 is 5.97 Å². The minimum atomic E-state index is -0.994. The number of ether oxygens (including phenoxy) is 2. The van der Waals surface area contributed by atoms with E-state index in [-0.39, 0.29) is 16.7 Å². The molecule has 1 heterocycles. The molecule has 3 rings (SSSR count). The molecule has 1 unspecified atom stereocenters. The van der Waals surface area contributed by atoms with Crippen LogP contribution < -0.4 is 0 Å². The number of halogens is 1. The molecule has 0 bridgehead atoms. The number of nitrogens with zero attached hydrogens (tertiary/aromatic N) is 3. The average Bonchev–Trinajstić information content (AvgIpc) is 3.05. The Labute approximate surface area is 205 Å². The molecule has 0 radical (unpaired) electrons. The summed E-state index contributed by atoms with van der Waals surface area (Å²) >= 11 is 6.55. The maximum atomic E-state index is 12.5. The SMILES string of the molecule is Cc1nn(C)c(/C(OC(C)OC(=O)c2ccccc2)=C(\C#N)c2ccc(C(C)(C)C)cc2)c1Cl. The molecule has 0 aliphatic heterocycles. The third-order valence-corrected chi connectivity index (χ3v) is 5.76. The molecule has 0 fully saturated rings. The Kier molecular flexibility index (Phi) is 7.48. The second kappa shape index (κ2) is 10.1. The smallest absolute Gasteiger partial charge is 0.341 e. The Morgan fingerprint density at radius 3 is 2.18 bits per heavy atom. The lowest BCUT2D eigenvalue weighted by molar-refractivity contribution is -0.0514. The molecule has 0 amide bonds. The van der Waals surface area contributed by atoms with Gasteiger partial charge in [-0.2, -0.15) is 10.4 Å². The summed E-state index contributed by atoms with van der Waals surface area (Å²) in [6, 6.07) is 18.6. The van der Waals surface area contributed by atoms with Crippen molar-refractivity contribution < 1.29 is 14.3 Å². The van der Waals surface area contributed by atoms with Gasteiger partial charge in [0.1, 0.15) is 17.3 Å². The van der Waals surface area contributed by atoms with Gasteiger partial charge in [0.2, 0.25) is 6.29 Å². The van der Waals surface area contributed by atoms with E-state index in [0.29, 0.717) is 27.5 Å². The van der Waals surface area contributed by atoms with Gasteiger partial charge in [-0.15, -0.1) is 0 Å². The number of aryl methyl sites for hydroxylation is 2. The van der Waals surface area contributed by atoms with Crippen molar-refractivity contribution in [2.24, 2.45) is 7.05 Å². The van der Waals surface area contributed by atoms with Crippen LogP contribution in [0.4, 0.5) is 0 Å². The maximum Gasteiger partial charge on any atom is 0.341 e. The van der Waals surface area contributed by atoms with E-state index in [2.05, 4.69) is 31.9 Å². The average molecular weight is 478 g/mol. The Balaban J connectivity index is 2.05. The summed E-state index contributed by atoms with van der Waals surface area (Å²) in [5.41, 5.74) is 3.44. The summed E-state index contributed by atoms with van der Waals surface area (Å²) < 4.78 is 13.1. The number of rotatable bonds is 6. The Bertz CT molecular complexity index is 1250. The fourth-order valence-corrected chi connectivity index (χ4v) is 3.72. The van der Waals surface area contributed by atoms with Crippen LogP contribution in [0.1, 0.15) is 60.6 Å². The molecular formula is C27H28ClN3O3. The minimum absolute atomic E-state index is 0.0308. The highest BCUT2D eigenvalue weighted by Gasteiger charge is 2.25. The summed E-state index contributed by atoms with van der Waals surface area (Å²) in [4.78, 5) is 12.5. The van der Waals surface area contributed by atoms with Crippen LogP contribution in [-0.4, -0.2) is 22.0 Å². The third kappa shape index (κ3) is 5.49. The van der Waals surface area contributed by atoms with Crippen LogP contribution in [0.2, 0.25) is 5.02 Å². The maximum absolute atomic E-state index is 12.5. The van der Waals surface area contributed by atoms with Crippen molar-refractivity contribution in [1.82, 2.24) is 9.78 Å². The highest BCUT2D eigenvalue weighted by Crippen LogP contribution is 2.35. The van der Waals surface area contributed by atoms with Gasteiger partial charge < -0.3 is 9.47 Å². The lowest BCUT2D eigenvalue weighted by Crippen LogP contribution is -2.19. The van der Waals surface area contributed by atoms with Gasteiger partial charge in [0.25, 0.3) is 0 Å². The van der Waals surface area contributed by atoms with Crippen molar-refractivity contribution in [2.45, 2.75) is 46.3 Å². The van der Waals surface area contributed by atoms with Gasteiger partial charge in [-0.1, -0.05) is 74.8 Å². The highest BCUT2D eigenvalue weighted by molar-refractivity contribution is 6.33. The standard InChI is InChI=1S/C27H28ClN3O3/c1-17-23(28)24(31(6)30-17)25(33-18(2)34-26(32)20-10-8-7-9-11-20)22(16-29)19-12-14-21(15-13-19)27(3,4)5/h7-15,18H,1-6H3/b25-22-. The number of nitriles is 1. The second-order valence-corrected chi connectivity index (χ2v) is 9.35. The predicted octanol–water partition coefficient (Wildman–Crippen LogP) is 6.29. The molecule has 0 aliphatic carbocycles. The summed E-state index contributed by atoms with van der Waals surface area (Å²) in [6.07, 6.45) is -0.994. The van der Waals surface area contributed by atoms with Crippen LogP contribution >= 0.6 is 11.6 Å². The normalized spacial score (nSPS) is 13.0. The first-order chi connectivity index (χ1) is 16.0. The van der Waals surface area contributed by atoms with Crippen LogP contribution in [-0.2, 0) is 21.9 Å². The molecule has 2 aromatic carbocycles. The quantitative estimate of drug-likeness (QED) is 0.180. The third-order valence-electron chi connectivity index (χ3n) is 5.31. The molecule has 6 nitrogen and oxygen atoms in total. The van der Waals surface area contributed by atoms with Gasteiger partial charge in [-0.25, -0.2) is 4.79 Å². The van der Waals surface area contributed by atoms with Crippen molar-refractivity contribution in [1.29, 1.82) is 5.26 Å². The predicted molar refractivity (Wildman–Crippen MR) is 133 cm³/mol. The summed E-state index contributed by atoms with van der Waals surface area (Å²) in [5, 5.41) is 14.9. The lowest BCUT2D eigenvalue weighted by atomic mass is 9.86. The van der Waals surface area contributed by atoms with Crippen molar-refractivity contribution in [3.63, 3.8) is 0 Å². The molecule has 0 saturated carbocycles. The molecule has 3 aromatic rings. The molecule has 0 aliphatic rings. The monoisotopic (exact) mass is 477 g/mol. The highest BCUT2D eigenvalue weighted by atomic mass is 35.5. The summed E-state index contributed by atoms with van der Waals surface area (Å²) in [7, 11) is 1.72. The van der Waals surface area contributed by atoms with E-state index in [1.54, 1.807) is 49.8 Å². The number of benzene rings is 2. The molecule has 176 valence electrons. The number of hydrogen-bond donors (Lipinski definition) is 0. The Morgan fingerprint density at radius 2 is 1.68 bits per heavy atom. The van der Waals surface area contributed by atoms with Gasteiger partial charge in [0, 0.05) is 14.0 Å². The van der Waals surface area contributed by atoms with Gasteiger partial charge in [0.15, 0.2) is 5.76 Å². The van der Waals surface area contributed by atoms with E-state index in [1.165, 1.54) is 0 Å². The second-order valence-electron chi connectivity index (χ2n) is 8.97. The fraction of sp³-hybridized carbons (Fsp3) is 0.296. The topological polar surface area (TPSA) is 77.1 Å². The lowest BCUT2D eigenvalue weighted by Gasteiger charge is -2.21. The first kappa shape index (κ1) is 25.1. The molecule has 0 saturated heterocycles. The molecule has 7 heteroatoms. The van der Waals surface area contributed by atoms with Crippen molar-refractivity contribution in [3.8, 4) is 6.07 Å². The number of carbonyl (C=O) groups excluding carboxylic acids is 1. The van der Waals surface area contributed by atoms with Crippen molar-refractivity contribution in [2.75, 3.05) is 0 Å². The minimum Gasteiger partial charge on any atom is -0.451 e. The Morgan fingerprint density at radius 1 is 1.06 bits per heavy atom. The van der Waals surface area contributed by atoms with Gasteiger partial charge in [0.05, 0.1) is 16.3 Å². The van der Waals surface area contributed by atoms with Crippen LogP contribution in [0.3, 0.4) is 0 Å². The molecule has 0 N–H and O–H groups in total. The molecule has 1 aromatic heterocycles. The van der Waals surface area contributed by atoms with E-state index in [0.717, 1.165) is 5.56 Å². The fourth-order valence-electron chi connectivity index (χ4n) is 3.48. The molecule has 0 spiro atoms. The van der Waals surface area contributed by atoms with E-state index in [9.17, 15) is 10.1 Å². The largest absolute Gasteiger partial charge is 0.451 e. The Hall–Kier alpha value is -3.56. The number of allylic oxidation sites excluding steroid dienone is 1. The van der Waals surface area contributed by atoms with E-state index in [1.807, 2.05) is 30.3 Å². The number of hydrogen-bond acceptors (Lipinski definition) is 5. The summed E-state index contributed by atoms with van der Waals surface area (Å²) in [5.74, 6) is -0.347. The number of carbonyl (C=O) groups is 1. The van der Waals surface area contributed by atoms with Crippen LogP contribution in [0, 0.1) is 18.3 Å². The molecule has 34 heavy (non-hydrogen) atoms. The first-order valence-electron chi connectivity index (χ1n) is 10.9. The molecule has 1 atom stereocenters. The van der Waals surface area contributed by atoms with Crippen LogP contribution in [0.25, 0.3) is 11.3 Å². The molecular weight excluding hydrogens is 450 g/mol. The van der Waals surface area contributed by atoms with E-state index in [4.69, 9.17) is 21.1 Å². The van der Waals surface area contributed by atoms with E-state index >= 15 is 0 Å². The van der Waals surface area contributed by atoms with Gasteiger partial charge in [-0.3, -0.25) is 4.68 Å². The zero-order valence-electron chi connectivity index (χ0n) is 20.2. The number of esters is 1. The van der Waals surface area contributed by atoms with Crippen LogP contribution in [0.5, 0.6) is 0 Å². The van der Waals surface area contributed by atoms with E-state index < -0.39 is 12.3 Å². The zero-order chi connectivity index (χ0) is 25.0. The first-order valence-corrected chi connectivity index (χ1v) is 11.3. The van der Waals surface area contributed by atoms with Crippen molar-refractivity contribution in [3.05, 3.63) is 87.7 Å². The van der Waals surface area contributed by atoms with Gasteiger partial charge in [-0.05, 0) is 35.6 Å². The zero-order valence-corrected chi connectivity index (χ0v) is 21.0. The summed E-state index contributed by atoms with van der Waals surface area (Å²) in [6.45, 7) is 9.73. The van der Waals surface area contributed by atoms with Crippen molar-refractivity contribution >= 4 is 28.9 Å².